The van der Waals surface area contributed by atoms with Gasteiger partial charge in [-0.05, 0) is 68.7 Å². The Kier molecular flexibility index (Phi) is 6.84. The lowest BCUT2D eigenvalue weighted by Gasteiger charge is -2.31. The van der Waals surface area contributed by atoms with Crippen molar-refractivity contribution in [1.29, 1.82) is 0 Å². The molecule has 3 fully saturated rings. The second-order valence-electron chi connectivity index (χ2n) is 10.7. The number of allylic oxidation sites excluding steroid dienone is 2. The maximum atomic E-state index is 13.7. The van der Waals surface area contributed by atoms with Gasteiger partial charge in [-0.15, -0.1) is 0 Å². The highest BCUT2D eigenvalue weighted by molar-refractivity contribution is 6.06. The first-order valence-corrected chi connectivity index (χ1v) is 13.2. The zero-order valence-electron chi connectivity index (χ0n) is 20.8. The van der Waals surface area contributed by atoms with Gasteiger partial charge in [-0.25, -0.2) is 4.39 Å². The van der Waals surface area contributed by atoms with Gasteiger partial charge in [-0.2, -0.15) is 0 Å². The molecule has 5 rings (SSSR count). The number of benzene rings is 1. The van der Waals surface area contributed by atoms with E-state index in [1.807, 2.05) is 6.08 Å². The quantitative estimate of drug-likeness (QED) is 0.414. The molecule has 2 heterocycles. The van der Waals surface area contributed by atoms with Crippen molar-refractivity contribution in [2.24, 2.45) is 17.8 Å². The number of phenolic OH excluding ortho intramolecular Hbond substituents is 1. The molecule has 5 nitrogen and oxygen atoms in total. The average Bonchev–Trinajstić information content (AvgIpc) is 3.38. The fourth-order valence-electron chi connectivity index (χ4n) is 6.87. The van der Waals surface area contributed by atoms with E-state index >= 15 is 0 Å². The molecule has 1 N–H and O–H groups in total. The molecule has 35 heavy (non-hydrogen) atoms. The van der Waals surface area contributed by atoms with E-state index in [9.17, 15) is 19.1 Å². The van der Waals surface area contributed by atoms with Crippen LogP contribution >= 0.6 is 0 Å². The molecule has 4 atom stereocenters. The first-order valence-electron chi connectivity index (χ1n) is 13.2. The monoisotopic (exact) mass is 481 g/mol. The predicted molar refractivity (Wildman–Crippen MR) is 132 cm³/mol. The fourth-order valence-corrected chi connectivity index (χ4v) is 6.87. The molecule has 2 amide bonds. The normalized spacial score (nSPS) is 29.7. The number of imide groups is 1. The lowest BCUT2D eigenvalue weighted by molar-refractivity contribution is -0.143. The van der Waals surface area contributed by atoms with Gasteiger partial charge >= 0.3 is 0 Å². The van der Waals surface area contributed by atoms with Crippen LogP contribution in [0.4, 0.5) is 4.39 Å². The highest BCUT2D eigenvalue weighted by Crippen LogP contribution is 2.50. The number of phenols is 1. The van der Waals surface area contributed by atoms with Crippen molar-refractivity contribution in [3.8, 4) is 5.75 Å². The summed E-state index contributed by atoms with van der Waals surface area (Å²) < 4.78 is 20.0. The van der Waals surface area contributed by atoms with E-state index in [1.165, 1.54) is 35.3 Å². The van der Waals surface area contributed by atoms with E-state index in [1.54, 1.807) is 11.0 Å². The van der Waals surface area contributed by atoms with Crippen molar-refractivity contribution in [3.63, 3.8) is 0 Å². The molecule has 1 saturated carbocycles. The molecule has 4 aliphatic rings. The van der Waals surface area contributed by atoms with Crippen LogP contribution in [0.5, 0.6) is 5.75 Å². The topological polar surface area (TPSA) is 66.8 Å². The van der Waals surface area contributed by atoms with Crippen LogP contribution in [0, 0.1) is 23.6 Å². The molecule has 0 aromatic heterocycles. The van der Waals surface area contributed by atoms with E-state index in [4.69, 9.17) is 4.74 Å². The van der Waals surface area contributed by atoms with Crippen molar-refractivity contribution in [2.75, 3.05) is 6.61 Å². The number of halogens is 1. The summed E-state index contributed by atoms with van der Waals surface area (Å²) in [5, 5.41) is 9.44. The zero-order chi connectivity index (χ0) is 24.7. The minimum atomic E-state index is -0.619. The lowest BCUT2D eigenvalue weighted by Crippen LogP contribution is -2.42. The molecule has 0 bridgehead atoms. The van der Waals surface area contributed by atoms with Crippen molar-refractivity contribution in [1.82, 2.24) is 4.90 Å². The second-order valence-corrected chi connectivity index (χ2v) is 10.7. The number of carbonyl (C=O) groups is 2. The van der Waals surface area contributed by atoms with Gasteiger partial charge in [0.2, 0.25) is 11.8 Å². The summed E-state index contributed by atoms with van der Waals surface area (Å²) in [5.74, 6) is -1.37. The molecule has 188 valence electrons. The van der Waals surface area contributed by atoms with Crippen molar-refractivity contribution >= 4 is 17.9 Å². The van der Waals surface area contributed by atoms with Crippen LogP contribution in [0.25, 0.3) is 6.08 Å². The van der Waals surface area contributed by atoms with E-state index in [-0.39, 0.29) is 47.5 Å². The first-order chi connectivity index (χ1) is 16.9. The molecule has 2 aliphatic carbocycles. The van der Waals surface area contributed by atoms with Crippen molar-refractivity contribution in [2.45, 2.75) is 83.8 Å². The van der Waals surface area contributed by atoms with Crippen LogP contribution in [0.2, 0.25) is 0 Å². The third-order valence-electron chi connectivity index (χ3n) is 8.65. The molecule has 1 aromatic rings. The Hall–Kier alpha value is -2.47. The van der Waals surface area contributed by atoms with E-state index in [0.717, 1.165) is 50.5 Å². The fraction of sp³-hybridized carbons (Fsp3) is 0.586. The van der Waals surface area contributed by atoms with Gasteiger partial charge in [-0.3, -0.25) is 14.5 Å². The number of likely N-dealkylation sites (tertiary alicyclic amines) is 1. The third kappa shape index (κ3) is 4.46. The van der Waals surface area contributed by atoms with Crippen LogP contribution in [-0.4, -0.2) is 40.6 Å². The summed E-state index contributed by atoms with van der Waals surface area (Å²) in [7, 11) is 0. The van der Waals surface area contributed by atoms with Crippen LogP contribution in [0.1, 0.15) is 77.2 Å². The van der Waals surface area contributed by atoms with Crippen LogP contribution in [0.15, 0.2) is 34.9 Å². The van der Waals surface area contributed by atoms with Gasteiger partial charge in [0, 0.05) is 12.0 Å². The van der Waals surface area contributed by atoms with Crippen molar-refractivity contribution < 1.29 is 23.8 Å². The minimum Gasteiger partial charge on any atom is -0.505 e. The summed E-state index contributed by atoms with van der Waals surface area (Å²) in [6.07, 6.45) is 10.3. The summed E-state index contributed by atoms with van der Waals surface area (Å²) >= 11 is 0. The van der Waals surface area contributed by atoms with E-state index in [2.05, 4.69) is 13.8 Å². The second kappa shape index (κ2) is 9.88. The minimum absolute atomic E-state index is 0.00374. The molecule has 2 saturated heterocycles. The molecular formula is C29H36FNO4. The molecule has 0 radical (unpaired) electrons. The zero-order valence-corrected chi connectivity index (χ0v) is 20.8. The lowest BCUT2D eigenvalue weighted by atomic mass is 9.70. The molecule has 0 unspecified atom stereocenters. The molecule has 2 aliphatic heterocycles. The molecule has 6 heteroatoms. The Morgan fingerprint density at radius 3 is 2.66 bits per heavy atom. The number of ether oxygens (including phenoxy) is 1. The number of aromatic hydroxyl groups is 1. The number of carbonyl (C=O) groups excluding carboxylic acids is 2. The van der Waals surface area contributed by atoms with Crippen LogP contribution in [-0.2, 0) is 14.3 Å². The number of hydrogen-bond acceptors (Lipinski definition) is 4. The first kappa shape index (κ1) is 24.2. The number of nitrogens with zero attached hydrogens (tertiary/aromatic N) is 1. The predicted octanol–water partition coefficient (Wildman–Crippen LogP) is 5.77. The summed E-state index contributed by atoms with van der Waals surface area (Å²) in [4.78, 5) is 28.5. The largest absolute Gasteiger partial charge is 0.505 e. The number of amides is 2. The van der Waals surface area contributed by atoms with Crippen LogP contribution in [0.3, 0.4) is 0 Å². The smallest absolute Gasteiger partial charge is 0.234 e. The molecule has 1 aromatic carbocycles. The maximum Gasteiger partial charge on any atom is 0.234 e. The standard InChI is InChI=1S/C29H36FNO4/c1-3-18(14-19-9-11-24(32)23(30)15-19)10-12-25-26-17(2)13-21-27(22(26)16-35-25)29(34)31(28(21)33)20-7-5-4-6-8-20/h9,11,14-15,20-22,25,27,32H,3-8,10,12-13,16H2,1-2H3/b18-14+/t21-,22+,25-,27-/m1/s1. The number of rotatable bonds is 6. The Bertz CT molecular complexity index is 1070. The van der Waals surface area contributed by atoms with E-state index < -0.39 is 5.82 Å². The summed E-state index contributed by atoms with van der Waals surface area (Å²) in [5.41, 5.74) is 4.37. The van der Waals surface area contributed by atoms with Gasteiger partial charge in [0.15, 0.2) is 11.6 Å². The SMILES string of the molecule is CC/C(=C\c1ccc(O)c(F)c1)CC[C@H]1OC[C@H]2C1=C(C)C[C@H]1C(=O)N(C3CCCCC3)C(=O)[C@H]12. The van der Waals surface area contributed by atoms with Gasteiger partial charge in [0.05, 0.1) is 24.5 Å². The van der Waals surface area contributed by atoms with Gasteiger partial charge in [0.25, 0.3) is 0 Å². The highest BCUT2D eigenvalue weighted by atomic mass is 19.1. The Labute approximate surface area is 207 Å². The van der Waals surface area contributed by atoms with Gasteiger partial charge in [0.1, 0.15) is 0 Å². The summed E-state index contributed by atoms with van der Waals surface area (Å²) in [6, 6.07) is 4.52. The average molecular weight is 482 g/mol. The van der Waals surface area contributed by atoms with E-state index in [0.29, 0.717) is 13.0 Å². The Balaban J connectivity index is 1.30. The highest BCUT2D eigenvalue weighted by Gasteiger charge is 2.57. The van der Waals surface area contributed by atoms with Gasteiger partial charge in [-0.1, -0.05) is 49.5 Å². The maximum absolute atomic E-state index is 13.7. The molecular weight excluding hydrogens is 445 g/mol. The summed E-state index contributed by atoms with van der Waals surface area (Å²) in [6.45, 7) is 4.70. The number of hydrogen-bond donors (Lipinski definition) is 1. The third-order valence-corrected chi connectivity index (χ3v) is 8.65. The van der Waals surface area contributed by atoms with Gasteiger partial charge < -0.3 is 9.84 Å². The van der Waals surface area contributed by atoms with Crippen LogP contribution < -0.4 is 0 Å². The van der Waals surface area contributed by atoms with Crippen molar-refractivity contribution in [3.05, 3.63) is 46.3 Å². The Morgan fingerprint density at radius 1 is 1.17 bits per heavy atom. The Morgan fingerprint density at radius 2 is 1.94 bits per heavy atom. The molecule has 0 spiro atoms. The number of fused-ring (bicyclic) bond motifs is 3.